The van der Waals surface area contributed by atoms with Gasteiger partial charge in [-0.3, -0.25) is 4.79 Å². The number of fused-ring (bicyclic) bond motifs is 3. The van der Waals surface area contributed by atoms with E-state index in [1.165, 1.54) is 15.3 Å². The Morgan fingerprint density at radius 3 is 2.95 bits per heavy atom. The molecule has 22 heavy (non-hydrogen) atoms. The number of carbonyl (C=O) groups is 1. The summed E-state index contributed by atoms with van der Waals surface area (Å²) in [5.41, 5.74) is 2.70. The average Bonchev–Trinajstić information content (AvgIpc) is 2.85. The number of amides is 1. The molecule has 1 aromatic carbocycles. The molecule has 2 atom stereocenters. The largest absolute Gasteiger partial charge is 0.508 e. The van der Waals surface area contributed by atoms with E-state index in [4.69, 9.17) is 0 Å². The number of quaternary nitrogens is 1. The maximum absolute atomic E-state index is 12.6. The minimum Gasteiger partial charge on any atom is -0.508 e. The summed E-state index contributed by atoms with van der Waals surface area (Å²) in [5, 5.41) is 17.3. The molecule has 2 aromatic rings. The number of rotatable bonds is 1. The predicted molar refractivity (Wildman–Crippen MR) is 85.4 cm³/mol. The summed E-state index contributed by atoms with van der Waals surface area (Å²) in [7, 11) is 2.18. The van der Waals surface area contributed by atoms with Gasteiger partial charge in [0.15, 0.2) is 0 Å². The standard InChI is InChI=1S/C16H17N3O2S/c1-19-7-6-10-12(8-19)22-16-13(10)15(21)17-14(18-16)9-4-2-3-5-11(9)20/h2-5,14,18,20H,6-8H2,1H3,(H,17,21)/p+1/t14-/m0/s1. The molecule has 1 aromatic heterocycles. The number of thiophene rings is 1. The highest BCUT2D eigenvalue weighted by molar-refractivity contribution is 7.16. The Balaban J connectivity index is 1.73. The van der Waals surface area contributed by atoms with Crippen LogP contribution in [0.3, 0.4) is 0 Å². The van der Waals surface area contributed by atoms with E-state index in [9.17, 15) is 9.90 Å². The second kappa shape index (κ2) is 5.00. The number of phenolic OH excluding ortho intramolecular Hbond substituents is 1. The van der Waals surface area contributed by atoms with E-state index >= 15 is 0 Å². The van der Waals surface area contributed by atoms with Gasteiger partial charge < -0.3 is 20.6 Å². The number of benzene rings is 1. The molecule has 3 heterocycles. The van der Waals surface area contributed by atoms with Gasteiger partial charge in [-0.2, -0.15) is 0 Å². The molecule has 0 fully saturated rings. The number of hydrogen-bond acceptors (Lipinski definition) is 4. The van der Waals surface area contributed by atoms with Crippen molar-refractivity contribution in [3.8, 4) is 5.75 Å². The Morgan fingerprint density at radius 2 is 2.14 bits per heavy atom. The molecule has 0 saturated carbocycles. The number of hydrogen-bond donors (Lipinski definition) is 4. The third-order valence-electron chi connectivity index (χ3n) is 4.38. The lowest BCUT2D eigenvalue weighted by atomic mass is 10.0. The van der Waals surface area contributed by atoms with E-state index < -0.39 is 0 Å². The van der Waals surface area contributed by atoms with Crippen LogP contribution in [0.15, 0.2) is 24.3 Å². The maximum Gasteiger partial charge on any atom is 0.256 e. The fourth-order valence-corrected chi connectivity index (χ4v) is 4.61. The highest BCUT2D eigenvalue weighted by Gasteiger charge is 2.34. The molecule has 114 valence electrons. The van der Waals surface area contributed by atoms with E-state index in [1.54, 1.807) is 23.5 Å². The smallest absolute Gasteiger partial charge is 0.256 e. The monoisotopic (exact) mass is 316 g/mol. The number of aromatic hydroxyl groups is 1. The first-order valence-corrected chi connectivity index (χ1v) is 8.26. The lowest BCUT2D eigenvalue weighted by Crippen LogP contribution is -3.08. The fraction of sp³-hybridized carbons (Fsp3) is 0.312. The maximum atomic E-state index is 12.6. The first-order chi connectivity index (χ1) is 10.6. The summed E-state index contributed by atoms with van der Waals surface area (Å²) in [4.78, 5) is 15.3. The zero-order valence-corrected chi connectivity index (χ0v) is 13.1. The van der Waals surface area contributed by atoms with Crippen molar-refractivity contribution >= 4 is 22.2 Å². The van der Waals surface area contributed by atoms with Gasteiger partial charge in [-0.1, -0.05) is 18.2 Å². The molecule has 4 N–H and O–H groups in total. The van der Waals surface area contributed by atoms with Crippen molar-refractivity contribution in [2.45, 2.75) is 19.1 Å². The number of carbonyl (C=O) groups excluding carboxylic acids is 1. The Bertz CT molecular complexity index is 756. The number of likely N-dealkylation sites (N-methyl/N-ethyl adjacent to an activating group) is 1. The molecule has 5 nitrogen and oxygen atoms in total. The Labute approximate surface area is 132 Å². The van der Waals surface area contributed by atoms with Gasteiger partial charge in [0.05, 0.1) is 24.0 Å². The summed E-state index contributed by atoms with van der Waals surface area (Å²) in [6.45, 7) is 2.04. The van der Waals surface area contributed by atoms with Gasteiger partial charge in [0.2, 0.25) is 0 Å². The normalized spacial score (nSPS) is 23.2. The Hall–Kier alpha value is -2.05. The van der Waals surface area contributed by atoms with E-state index in [2.05, 4.69) is 17.7 Å². The van der Waals surface area contributed by atoms with Crippen LogP contribution in [0.4, 0.5) is 5.00 Å². The van der Waals surface area contributed by atoms with Gasteiger partial charge in [-0.05, 0) is 11.6 Å². The van der Waals surface area contributed by atoms with Gasteiger partial charge in [0.1, 0.15) is 23.5 Å². The first-order valence-electron chi connectivity index (χ1n) is 7.44. The first kappa shape index (κ1) is 13.6. The van der Waals surface area contributed by atoms with Crippen LogP contribution in [0.5, 0.6) is 5.75 Å². The van der Waals surface area contributed by atoms with Crippen molar-refractivity contribution in [2.24, 2.45) is 0 Å². The number of phenols is 1. The van der Waals surface area contributed by atoms with Crippen LogP contribution in [-0.2, 0) is 13.0 Å². The second-order valence-corrected chi connectivity index (χ2v) is 7.06. The molecule has 2 aliphatic heterocycles. The van der Waals surface area contributed by atoms with E-state index in [0.717, 1.165) is 30.1 Å². The van der Waals surface area contributed by atoms with Crippen molar-refractivity contribution in [2.75, 3.05) is 18.9 Å². The Kier molecular flexibility index (Phi) is 3.09. The summed E-state index contributed by atoms with van der Waals surface area (Å²) < 4.78 is 0. The molecule has 0 aliphatic carbocycles. The second-order valence-electron chi connectivity index (χ2n) is 5.95. The number of anilines is 1. The third-order valence-corrected chi connectivity index (χ3v) is 5.54. The lowest BCUT2D eigenvalue weighted by molar-refractivity contribution is -0.895. The van der Waals surface area contributed by atoms with Gasteiger partial charge in [-0.25, -0.2) is 0 Å². The lowest BCUT2D eigenvalue weighted by Gasteiger charge is -2.27. The number of para-hydroxylation sites is 1. The quantitative estimate of drug-likeness (QED) is 0.631. The Morgan fingerprint density at radius 1 is 1.32 bits per heavy atom. The van der Waals surface area contributed by atoms with Crippen LogP contribution in [0, 0.1) is 0 Å². The summed E-state index contributed by atoms with van der Waals surface area (Å²) in [6.07, 6.45) is 0.565. The van der Waals surface area contributed by atoms with Crippen molar-refractivity contribution in [3.63, 3.8) is 0 Å². The molecular formula is C16H18N3O2S+. The topological polar surface area (TPSA) is 65.8 Å². The molecule has 6 heteroatoms. The zero-order chi connectivity index (χ0) is 15.3. The van der Waals surface area contributed by atoms with E-state index in [1.807, 2.05) is 12.1 Å². The van der Waals surface area contributed by atoms with Crippen LogP contribution in [0.25, 0.3) is 0 Å². The minimum absolute atomic E-state index is 0.0425. The zero-order valence-electron chi connectivity index (χ0n) is 12.3. The summed E-state index contributed by atoms with van der Waals surface area (Å²) >= 11 is 1.68. The van der Waals surface area contributed by atoms with Crippen molar-refractivity contribution in [1.82, 2.24) is 5.32 Å². The van der Waals surface area contributed by atoms with Crippen LogP contribution in [-0.4, -0.2) is 24.6 Å². The molecule has 0 spiro atoms. The van der Waals surface area contributed by atoms with Crippen LogP contribution >= 0.6 is 11.3 Å². The SMILES string of the molecule is C[NH+]1CCc2c(sc3c2C(=O)N[C@H](c2ccccc2O)N3)C1. The molecule has 1 unspecified atom stereocenters. The molecule has 0 saturated heterocycles. The molecule has 2 aliphatic rings. The highest BCUT2D eigenvalue weighted by atomic mass is 32.1. The van der Waals surface area contributed by atoms with Gasteiger partial charge in [0.25, 0.3) is 5.91 Å². The van der Waals surface area contributed by atoms with Crippen LogP contribution in [0.1, 0.15) is 32.5 Å². The van der Waals surface area contributed by atoms with Crippen molar-refractivity contribution < 1.29 is 14.8 Å². The van der Waals surface area contributed by atoms with Crippen LogP contribution in [0.2, 0.25) is 0 Å². The summed E-state index contributed by atoms with van der Waals surface area (Å²) in [6, 6.07) is 7.09. The van der Waals surface area contributed by atoms with Crippen molar-refractivity contribution in [1.29, 1.82) is 0 Å². The minimum atomic E-state index is -0.383. The highest BCUT2D eigenvalue weighted by Crippen LogP contribution is 2.39. The molecular weight excluding hydrogens is 298 g/mol. The van der Waals surface area contributed by atoms with Crippen molar-refractivity contribution in [3.05, 3.63) is 45.8 Å². The predicted octanol–water partition coefficient (Wildman–Crippen LogP) is 0.879. The average molecular weight is 316 g/mol. The molecule has 0 bridgehead atoms. The molecule has 1 amide bonds. The van der Waals surface area contributed by atoms with Crippen LogP contribution < -0.4 is 15.5 Å². The van der Waals surface area contributed by atoms with Gasteiger partial charge in [-0.15, -0.1) is 11.3 Å². The summed E-state index contributed by atoms with van der Waals surface area (Å²) in [5.74, 6) is 0.147. The molecule has 0 radical (unpaired) electrons. The van der Waals surface area contributed by atoms with E-state index in [0.29, 0.717) is 5.56 Å². The van der Waals surface area contributed by atoms with Gasteiger partial charge >= 0.3 is 0 Å². The van der Waals surface area contributed by atoms with Gasteiger partial charge in [0, 0.05) is 12.0 Å². The number of nitrogens with one attached hydrogen (secondary N) is 3. The van der Waals surface area contributed by atoms with E-state index in [-0.39, 0.29) is 17.8 Å². The third kappa shape index (κ3) is 2.07. The fourth-order valence-electron chi connectivity index (χ4n) is 3.22. The molecule has 4 rings (SSSR count).